The second kappa shape index (κ2) is 11.8. The summed E-state index contributed by atoms with van der Waals surface area (Å²) in [7, 11) is 0. The predicted octanol–water partition coefficient (Wildman–Crippen LogP) is 10.5. The van der Waals surface area contributed by atoms with Crippen molar-refractivity contribution in [3.8, 4) is 18.2 Å². The number of nitrogens with zero attached hydrogens (tertiary/aromatic N) is 5. The largest absolute Gasteiger partial charge is 0.317 e. The lowest BCUT2D eigenvalue weighted by atomic mass is 9.85. The fourth-order valence-electron chi connectivity index (χ4n) is 8.28. The van der Waals surface area contributed by atoms with Crippen LogP contribution in [0.1, 0.15) is 53.1 Å². The Kier molecular flexibility index (Phi) is 6.98. The van der Waals surface area contributed by atoms with Gasteiger partial charge in [0.2, 0.25) is 0 Å². The average Bonchev–Trinajstić information content (AvgIpc) is 3.70. The minimum Gasteiger partial charge on any atom is -0.317 e. The van der Waals surface area contributed by atoms with Gasteiger partial charge in [0.15, 0.2) is 0 Å². The van der Waals surface area contributed by atoms with Gasteiger partial charge in [0.05, 0.1) is 51.8 Å². The van der Waals surface area contributed by atoms with Gasteiger partial charge in [-0.15, -0.1) is 0 Å². The van der Waals surface area contributed by atoms with E-state index >= 15 is 0 Å². The molecule has 0 amide bonds. The van der Waals surface area contributed by atoms with Crippen molar-refractivity contribution in [2.24, 2.45) is 5.92 Å². The van der Waals surface area contributed by atoms with Crippen LogP contribution in [0.5, 0.6) is 0 Å². The molecule has 2 unspecified atom stereocenters. The van der Waals surface area contributed by atoms with Crippen molar-refractivity contribution in [2.45, 2.75) is 31.6 Å². The molecule has 236 valence electrons. The Bertz CT molecular complexity index is 2630. The van der Waals surface area contributed by atoms with E-state index < -0.39 is 0 Å². The molecular formula is C45H31N5. The number of allylic oxidation sites excluding steroid dienone is 9. The molecule has 2 heterocycles. The maximum absolute atomic E-state index is 10.4. The van der Waals surface area contributed by atoms with Gasteiger partial charge >= 0.3 is 0 Å². The lowest BCUT2D eigenvalue weighted by Gasteiger charge is -2.25. The van der Waals surface area contributed by atoms with Crippen molar-refractivity contribution in [3.05, 3.63) is 155 Å². The van der Waals surface area contributed by atoms with Crippen LogP contribution in [0.15, 0.2) is 127 Å². The SMILES string of the molecule is N#CC1=CC(c2ccc(C3=C(n4c5ccccc5c5ccccc54)C(C#N)CC=C3)cc2)CC(n2c3c(c4cc(C#N)ccc42)C=CCC3)=C1. The summed E-state index contributed by atoms with van der Waals surface area (Å²) in [6.07, 6.45) is 16.1. The Hall–Kier alpha value is -6.61. The van der Waals surface area contributed by atoms with Crippen LogP contribution >= 0.6 is 0 Å². The number of nitriles is 3. The summed E-state index contributed by atoms with van der Waals surface area (Å²) in [5, 5.41) is 33.6. The van der Waals surface area contributed by atoms with Crippen LogP contribution in [0.4, 0.5) is 0 Å². The molecule has 2 aromatic heterocycles. The molecule has 9 rings (SSSR count). The number of rotatable bonds is 4. The fourth-order valence-corrected chi connectivity index (χ4v) is 8.28. The smallest absolute Gasteiger partial charge is 0.0991 e. The molecular weight excluding hydrogens is 611 g/mol. The molecule has 0 aliphatic heterocycles. The van der Waals surface area contributed by atoms with Crippen molar-refractivity contribution in [2.75, 3.05) is 0 Å². The summed E-state index contributed by atoms with van der Waals surface area (Å²) in [6.45, 7) is 0. The molecule has 2 atom stereocenters. The van der Waals surface area contributed by atoms with Crippen molar-refractivity contribution in [1.82, 2.24) is 9.13 Å². The molecule has 50 heavy (non-hydrogen) atoms. The molecule has 0 N–H and O–H groups in total. The quantitative estimate of drug-likeness (QED) is 0.192. The van der Waals surface area contributed by atoms with E-state index in [0.29, 0.717) is 17.6 Å². The molecule has 3 aliphatic rings. The number of hydrogen-bond acceptors (Lipinski definition) is 3. The summed E-state index contributed by atoms with van der Waals surface area (Å²) >= 11 is 0. The zero-order valence-corrected chi connectivity index (χ0v) is 27.3. The van der Waals surface area contributed by atoms with E-state index in [-0.39, 0.29) is 11.8 Å². The first-order valence-electron chi connectivity index (χ1n) is 17.1. The van der Waals surface area contributed by atoms with Crippen LogP contribution in [-0.2, 0) is 6.42 Å². The minimum absolute atomic E-state index is 0.0175. The standard InChI is InChI=1S/C45H31N5/c46-26-29-16-21-44-40(24-29)39-11-3-4-13-41(39)49(44)35-23-30(27-47)22-34(25-35)31-17-19-32(20-18-31)36-12-7-8-33(28-48)45(36)50-42-14-5-1-9-37(42)38-10-2-6-15-43(38)50/h1-3,5-7,9-12,14-24,33-34H,4,8,13,25H2. The summed E-state index contributed by atoms with van der Waals surface area (Å²) < 4.78 is 4.63. The Labute approximate surface area is 290 Å². The van der Waals surface area contributed by atoms with E-state index in [2.05, 4.69) is 131 Å². The van der Waals surface area contributed by atoms with Crippen molar-refractivity contribution >= 4 is 55.8 Å². The van der Waals surface area contributed by atoms with E-state index in [1.54, 1.807) is 0 Å². The van der Waals surface area contributed by atoms with Crippen molar-refractivity contribution in [3.63, 3.8) is 0 Å². The zero-order valence-electron chi connectivity index (χ0n) is 27.3. The van der Waals surface area contributed by atoms with Crippen LogP contribution in [0.3, 0.4) is 0 Å². The van der Waals surface area contributed by atoms with E-state index in [9.17, 15) is 15.8 Å². The highest BCUT2D eigenvalue weighted by Crippen LogP contribution is 2.43. The van der Waals surface area contributed by atoms with Crippen molar-refractivity contribution in [1.29, 1.82) is 15.8 Å². The highest BCUT2D eigenvalue weighted by atomic mass is 15.0. The fraction of sp³-hybridized carbons (Fsp3) is 0.133. The van der Waals surface area contributed by atoms with Crippen LogP contribution in [0, 0.1) is 39.9 Å². The maximum Gasteiger partial charge on any atom is 0.0991 e. The van der Waals surface area contributed by atoms with E-state index in [1.165, 1.54) is 22.0 Å². The number of hydrogen-bond donors (Lipinski definition) is 0. The first-order chi connectivity index (χ1) is 24.7. The monoisotopic (exact) mass is 641 g/mol. The number of aromatic nitrogens is 2. The van der Waals surface area contributed by atoms with E-state index in [4.69, 9.17) is 0 Å². The van der Waals surface area contributed by atoms with Crippen LogP contribution in [0.2, 0.25) is 0 Å². The zero-order chi connectivity index (χ0) is 33.8. The lowest BCUT2D eigenvalue weighted by Crippen LogP contribution is -2.13. The molecule has 5 heteroatoms. The summed E-state index contributed by atoms with van der Waals surface area (Å²) in [5.74, 6) is -0.272. The normalized spacial score (nSPS) is 18.4. The highest BCUT2D eigenvalue weighted by molar-refractivity contribution is 6.12. The Morgan fingerprint density at radius 1 is 0.700 bits per heavy atom. The number of fused-ring (bicyclic) bond motifs is 6. The van der Waals surface area contributed by atoms with Gasteiger partial charge in [-0.3, -0.25) is 0 Å². The molecule has 0 bridgehead atoms. The summed E-state index contributed by atoms with van der Waals surface area (Å²) in [4.78, 5) is 0. The predicted molar refractivity (Wildman–Crippen MR) is 201 cm³/mol. The van der Waals surface area contributed by atoms with Gasteiger partial charge in [0.25, 0.3) is 0 Å². The van der Waals surface area contributed by atoms with Gasteiger partial charge in [-0.05, 0) is 73.2 Å². The van der Waals surface area contributed by atoms with Gasteiger partial charge in [-0.1, -0.05) is 91.0 Å². The third-order valence-corrected chi connectivity index (χ3v) is 10.5. The second-order valence-electron chi connectivity index (χ2n) is 13.3. The molecule has 6 aromatic rings. The Morgan fingerprint density at radius 2 is 1.44 bits per heavy atom. The summed E-state index contributed by atoms with van der Waals surface area (Å²) in [5.41, 5.74) is 12.3. The third-order valence-electron chi connectivity index (χ3n) is 10.5. The minimum atomic E-state index is -0.289. The molecule has 0 radical (unpaired) electrons. The molecule has 0 spiro atoms. The summed E-state index contributed by atoms with van der Waals surface area (Å²) in [6, 6.07) is 38.8. The molecule has 4 aromatic carbocycles. The van der Waals surface area contributed by atoms with Gasteiger partial charge in [-0.25, -0.2) is 0 Å². The van der Waals surface area contributed by atoms with Crippen LogP contribution in [-0.4, -0.2) is 9.13 Å². The highest BCUT2D eigenvalue weighted by Gasteiger charge is 2.27. The molecule has 3 aliphatic carbocycles. The Balaban J connectivity index is 1.13. The van der Waals surface area contributed by atoms with Gasteiger partial charge in [0.1, 0.15) is 0 Å². The van der Waals surface area contributed by atoms with Crippen LogP contribution < -0.4 is 0 Å². The van der Waals surface area contributed by atoms with Crippen LogP contribution in [0.25, 0.3) is 55.8 Å². The molecule has 0 saturated heterocycles. The maximum atomic E-state index is 10.4. The van der Waals surface area contributed by atoms with E-state index in [1.807, 2.05) is 24.3 Å². The van der Waals surface area contributed by atoms with Gasteiger partial charge in [-0.2, -0.15) is 15.8 Å². The molecule has 5 nitrogen and oxygen atoms in total. The Morgan fingerprint density at radius 3 is 2.16 bits per heavy atom. The number of para-hydroxylation sites is 2. The molecule has 0 saturated carbocycles. The lowest BCUT2D eigenvalue weighted by molar-refractivity contribution is 0.801. The first-order valence-corrected chi connectivity index (χ1v) is 17.1. The van der Waals surface area contributed by atoms with Gasteiger partial charge < -0.3 is 9.13 Å². The number of benzene rings is 4. The average molecular weight is 642 g/mol. The van der Waals surface area contributed by atoms with Crippen molar-refractivity contribution < 1.29 is 0 Å². The second-order valence-corrected chi connectivity index (χ2v) is 13.3. The molecule has 0 fully saturated rings. The van der Waals surface area contributed by atoms with Gasteiger partial charge in [0, 0.05) is 50.3 Å². The van der Waals surface area contributed by atoms with E-state index in [0.717, 1.165) is 69.3 Å². The topological polar surface area (TPSA) is 81.2 Å². The first kappa shape index (κ1) is 29.5. The third kappa shape index (κ3) is 4.58.